The van der Waals surface area contributed by atoms with E-state index in [1.807, 2.05) is 18.7 Å². The molecule has 0 radical (unpaired) electrons. The zero-order valence-corrected chi connectivity index (χ0v) is 10.1. The van der Waals surface area contributed by atoms with Crippen molar-refractivity contribution in [2.75, 3.05) is 23.5 Å². The Balaban J connectivity index is 2.66. The monoisotopic (exact) mass is 227 g/mol. The Morgan fingerprint density at radius 3 is 2.93 bits per heavy atom. The highest BCUT2D eigenvalue weighted by molar-refractivity contribution is 7.99. The Bertz CT molecular complexity index is 317. The lowest BCUT2D eigenvalue weighted by atomic mass is 10.3. The summed E-state index contributed by atoms with van der Waals surface area (Å²) in [4.78, 5) is 8.24. The third-order valence-electron chi connectivity index (χ3n) is 2.06. The van der Waals surface area contributed by atoms with Crippen LogP contribution in [0.3, 0.4) is 0 Å². The second-order valence-electron chi connectivity index (χ2n) is 3.30. The van der Waals surface area contributed by atoms with Crippen molar-refractivity contribution in [2.24, 2.45) is 5.84 Å². The molecule has 1 aromatic rings. The predicted molar refractivity (Wildman–Crippen MR) is 66.0 cm³/mol. The molecule has 1 aromatic heterocycles. The molecule has 1 heterocycles. The lowest BCUT2D eigenvalue weighted by molar-refractivity contribution is 0.977. The molecule has 0 saturated heterocycles. The van der Waals surface area contributed by atoms with Crippen molar-refractivity contribution >= 4 is 23.5 Å². The zero-order chi connectivity index (χ0) is 11.3. The molecule has 6 heteroatoms. The van der Waals surface area contributed by atoms with Crippen molar-refractivity contribution in [3.05, 3.63) is 11.8 Å². The Hall–Kier alpha value is -1.01. The molecule has 5 nitrogen and oxygen atoms in total. The summed E-state index contributed by atoms with van der Waals surface area (Å²) in [7, 11) is 0. The summed E-state index contributed by atoms with van der Waals surface area (Å²) in [6, 6.07) is 0. The van der Waals surface area contributed by atoms with Gasteiger partial charge in [-0.15, -0.1) is 0 Å². The minimum atomic E-state index is 0.430. The normalized spacial score (nSPS) is 12.3. The van der Waals surface area contributed by atoms with Crippen molar-refractivity contribution in [1.29, 1.82) is 0 Å². The van der Waals surface area contributed by atoms with E-state index in [1.54, 1.807) is 6.20 Å². The van der Waals surface area contributed by atoms with E-state index < -0.39 is 0 Å². The van der Waals surface area contributed by atoms with Gasteiger partial charge in [-0.05, 0) is 13.2 Å². The highest BCUT2D eigenvalue weighted by Gasteiger charge is 2.04. The smallest absolute Gasteiger partial charge is 0.239 e. The number of aryl methyl sites for hydroxylation is 1. The fraction of sp³-hybridized carbons (Fsp3) is 0.556. The van der Waals surface area contributed by atoms with Crippen molar-refractivity contribution in [2.45, 2.75) is 19.1 Å². The van der Waals surface area contributed by atoms with E-state index in [-0.39, 0.29) is 0 Å². The first-order chi connectivity index (χ1) is 7.17. The van der Waals surface area contributed by atoms with Gasteiger partial charge in [0.05, 0.1) is 0 Å². The van der Waals surface area contributed by atoms with Crippen LogP contribution < -0.4 is 16.6 Å². The van der Waals surface area contributed by atoms with Gasteiger partial charge < -0.3 is 5.32 Å². The van der Waals surface area contributed by atoms with Gasteiger partial charge in [-0.1, -0.05) is 6.92 Å². The minimum absolute atomic E-state index is 0.430. The molecule has 0 amide bonds. The molecule has 0 spiro atoms. The predicted octanol–water partition coefficient (Wildman–Crippen LogP) is 1.23. The number of thioether (sulfide) groups is 1. The van der Waals surface area contributed by atoms with Gasteiger partial charge >= 0.3 is 0 Å². The summed E-state index contributed by atoms with van der Waals surface area (Å²) in [6.07, 6.45) is 3.83. The number of anilines is 2. The molecule has 0 aliphatic carbocycles. The summed E-state index contributed by atoms with van der Waals surface area (Å²) in [6.45, 7) is 5.01. The van der Waals surface area contributed by atoms with Crippen LogP contribution in [-0.2, 0) is 0 Å². The molecular weight excluding hydrogens is 210 g/mol. The number of nitrogens with one attached hydrogen (secondary N) is 2. The Morgan fingerprint density at radius 2 is 2.33 bits per heavy atom. The number of aromatic nitrogens is 2. The Labute approximate surface area is 94.2 Å². The van der Waals surface area contributed by atoms with Gasteiger partial charge in [-0.3, -0.25) is 5.43 Å². The molecule has 0 fully saturated rings. The highest BCUT2D eigenvalue weighted by Crippen LogP contribution is 2.13. The second-order valence-corrected chi connectivity index (χ2v) is 4.57. The van der Waals surface area contributed by atoms with E-state index >= 15 is 0 Å². The fourth-order valence-corrected chi connectivity index (χ4v) is 1.26. The van der Waals surface area contributed by atoms with Crippen LogP contribution in [0, 0.1) is 6.92 Å². The number of nitrogen functional groups attached to an aromatic ring is 1. The SMILES string of the molecule is CSC(C)CNc1nc(NN)ncc1C. The van der Waals surface area contributed by atoms with Crippen LogP contribution in [0.5, 0.6) is 0 Å². The summed E-state index contributed by atoms with van der Waals surface area (Å²) in [5.41, 5.74) is 3.44. The third-order valence-corrected chi connectivity index (χ3v) is 3.03. The van der Waals surface area contributed by atoms with E-state index in [4.69, 9.17) is 5.84 Å². The largest absolute Gasteiger partial charge is 0.369 e. The van der Waals surface area contributed by atoms with Crippen LogP contribution in [0.2, 0.25) is 0 Å². The Kier molecular flexibility index (Phi) is 4.64. The van der Waals surface area contributed by atoms with E-state index in [1.165, 1.54) is 0 Å². The summed E-state index contributed by atoms with van der Waals surface area (Å²) < 4.78 is 0. The maximum atomic E-state index is 5.24. The molecule has 0 aliphatic rings. The standard InChI is InChI=1S/C9H17N5S/c1-6-4-12-9(14-10)13-8(6)11-5-7(2)15-3/h4,7H,5,10H2,1-3H3,(H2,11,12,13,14). The summed E-state index contributed by atoms with van der Waals surface area (Å²) in [5.74, 6) is 6.51. The van der Waals surface area contributed by atoms with Crippen LogP contribution in [-0.4, -0.2) is 28.0 Å². The van der Waals surface area contributed by atoms with E-state index in [9.17, 15) is 0 Å². The van der Waals surface area contributed by atoms with Crippen LogP contribution in [0.1, 0.15) is 12.5 Å². The van der Waals surface area contributed by atoms with Crippen LogP contribution in [0.25, 0.3) is 0 Å². The Morgan fingerprint density at radius 1 is 1.60 bits per heavy atom. The molecular formula is C9H17N5S. The molecule has 1 unspecified atom stereocenters. The topological polar surface area (TPSA) is 75.9 Å². The minimum Gasteiger partial charge on any atom is -0.369 e. The van der Waals surface area contributed by atoms with E-state index in [0.717, 1.165) is 17.9 Å². The summed E-state index contributed by atoms with van der Waals surface area (Å²) in [5, 5.41) is 3.82. The summed E-state index contributed by atoms with van der Waals surface area (Å²) >= 11 is 1.81. The van der Waals surface area contributed by atoms with Gasteiger partial charge in [-0.25, -0.2) is 10.8 Å². The van der Waals surface area contributed by atoms with Gasteiger partial charge in [0.25, 0.3) is 0 Å². The quantitative estimate of drug-likeness (QED) is 0.519. The first-order valence-electron chi connectivity index (χ1n) is 4.74. The van der Waals surface area contributed by atoms with E-state index in [0.29, 0.717) is 11.2 Å². The maximum absolute atomic E-state index is 5.24. The lowest BCUT2D eigenvalue weighted by Gasteiger charge is -2.12. The molecule has 1 rings (SSSR count). The average Bonchev–Trinajstić information content (AvgIpc) is 2.27. The van der Waals surface area contributed by atoms with Crippen molar-refractivity contribution < 1.29 is 0 Å². The number of hydrazine groups is 1. The van der Waals surface area contributed by atoms with Gasteiger partial charge in [0.15, 0.2) is 0 Å². The zero-order valence-electron chi connectivity index (χ0n) is 9.24. The molecule has 1 atom stereocenters. The number of hydrogen-bond acceptors (Lipinski definition) is 6. The molecule has 4 N–H and O–H groups in total. The molecule has 0 aromatic carbocycles. The number of nitrogens with two attached hydrogens (primary N) is 1. The maximum Gasteiger partial charge on any atom is 0.239 e. The van der Waals surface area contributed by atoms with Crippen molar-refractivity contribution in [1.82, 2.24) is 9.97 Å². The molecule has 84 valence electrons. The van der Waals surface area contributed by atoms with Gasteiger partial charge in [0.1, 0.15) is 5.82 Å². The van der Waals surface area contributed by atoms with Gasteiger partial charge in [0, 0.05) is 23.6 Å². The van der Waals surface area contributed by atoms with Crippen molar-refractivity contribution in [3.8, 4) is 0 Å². The molecule has 0 bridgehead atoms. The molecule has 0 aliphatic heterocycles. The van der Waals surface area contributed by atoms with Crippen molar-refractivity contribution in [3.63, 3.8) is 0 Å². The van der Waals surface area contributed by atoms with Gasteiger partial charge in [0.2, 0.25) is 5.95 Å². The highest BCUT2D eigenvalue weighted by atomic mass is 32.2. The van der Waals surface area contributed by atoms with Crippen LogP contribution in [0.15, 0.2) is 6.20 Å². The molecule has 0 saturated carbocycles. The van der Waals surface area contributed by atoms with E-state index in [2.05, 4.69) is 33.9 Å². The number of rotatable bonds is 5. The number of hydrogen-bond donors (Lipinski definition) is 3. The molecule has 15 heavy (non-hydrogen) atoms. The van der Waals surface area contributed by atoms with Gasteiger partial charge in [-0.2, -0.15) is 16.7 Å². The second kappa shape index (κ2) is 5.77. The number of nitrogens with zero attached hydrogens (tertiary/aromatic N) is 2. The van der Waals surface area contributed by atoms with Crippen LogP contribution >= 0.6 is 11.8 Å². The average molecular weight is 227 g/mol. The third kappa shape index (κ3) is 3.56. The first-order valence-corrected chi connectivity index (χ1v) is 6.03. The van der Waals surface area contributed by atoms with Crippen LogP contribution in [0.4, 0.5) is 11.8 Å². The lowest BCUT2D eigenvalue weighted by Crippen LogP contribution is -2.16. The fourth-order valence-electron chi connectivity index (χ4n) is 1.01. The first kappa shape index (κ1) is 12.1.